The number of ether oxygens (including phenoxy) is 1. The minimum absolute atomic E-state index is 0.489. The molecular formula is C18H32N2O. The molecule has 1 aromatic carbocycles. The molecule has 0 bridgehead atoms. The second-order valence-corrected chi connectivity index (χ2v) is 5.83. The van der Waals surface area contributed by atoms with Crippen molar-refractivity contribution in [1.29, 1.82) is 0 Å². The molecule has 0 amide bonds. The Morgan fingerprint density at radius 2 is 1.71 bits per heavy atom. The lowest BCUT2D eigenvalue weighted by atomic mass is 10.2. The number of para-hydroxylation sites is 1. The van der Waals surface area contributed by atoms with Gasteiger partial charge in [-0.05, 0) is 32.0 Å². The van der Waals surface area contributed by atoms with E-state index in [0.29, 0.717) is 6.04 Å². The van der Waals surface area contributed by atoms with Gasteiger partial charge in [0, 0.05) is 24.7 Å². The standard InChI is InChI=1S/C18H32N2O/c1-5-11-20(12-6-2)13-14-21-18-10-8-7-9-17(18)15-19-16(3)4/h7-10,16,19H,5-6,11-15H2,1-4H3. The molecule has 120 valence electrons. The zero-order valence-corrected chi connectivity index (χ0v) is 14.2. The van der Waals surface area contributed by atoms with Crippen LogP contribution in [0.3, 0.4) is 0 Å². The number of hydrogen-bond donors (Lipinski definition) is 1. The van der Waals surface area contributed by atoms with E-state index in [1.165, 1.54) is 18.4 Å². The first-order valence-electron chi connectivity index (χ1n) is 8.33. The van der Waals surface area contributed by atoms with E-state index < -0.39 is 0 Å². The summed E-state index contributed by atoms with van der Waals surface area (Å²) in [7, 11) is 0. The highest BCUT2D eigenvalue weighted by molar-refractivity contribution is 5.33. The molecule has 21 heavy (non-hydrogen) atoms. The van der Waals surface area contributed by atoms with E-state index in [-0.39, 0.29) is 0 Å². The molecule has 0 aliphatic heterocycles. The average Bonchev–Trinajstić information content (AvgIpc) is 2.46. The van der Waals surface area contributed by atoms with Gasteiger partial charge in [-0.15, -0.1) is 0 Å². The first kappa shape index (κ1) is 18.0. The van der Waals surface area contributed by atoms with Crippen molar-refractivity contribution >= 4 is 0 Å². The molecule has 0 aliphatic carbocycles. The van der Waals surface area contributed by atoms with Gasteiger partial charge in [-0.1, -0.05) is 45.9 Å². The maximum atomic E-state index is 6.01. The maximum Gasteiger partial charge on any atom is 0.123 e. The van der Waals surface area contributed by atoms with E-state index in [1.807, 2.05) is 6.07 Å². The topological polar surface area (TPSA) is 24.5 Å². The van der Waals surface area contributed by atoms with Crippen molar-refractivity contribution < 1.29 is 4.74 Å². The first-order valence-corrected chi connectivity index (χ1v) is 8.33. The van der Waals surface area contributed by atoms with Crippen LogP contribution >= 0.6 is 0 Å². The third-order valence-corrected chi connectivity index (χ3v) is 3.42. The summed E-state index contributed by atoms with van der Waals surface area (Å²) in [6, 6.07) is 8.82. The van der Waals surface area contributed by atoms with Crippen LogP contribution in [0.4, 0.5) is 0 Å². The average molecular weight is 292 g/mol. The summed E-state index contributed by atoms with van der Waals surface area (Å²) in [5, 5.41) is 3.45. The highest BCUT2D eigenvalue weighted by Gasteiger charge is 2.06. The smallest absolute Gasteiger partial charge is 0.123 e. The van der Waals surface area contributed by atoms with E-state index >= 15 is 0 Å². The van der Waals surface area contributed by atoms with Crippen molar-refractivity contribution in [2.45, 2.75) is 53.1 Å². The Morgan fingerprint density at radius 3 is 2.33 bits per heavy atom. The second kappa shape index (κ2) is 10.6. The normalized spacial score (nSPS) is 11.3. The van der Waals surface area contributed by atoms with Crippen LogP contribution in [0.15, 0.2) is 24.3 Å². The summed E-state index contributed by atoms with van der Waals surface area (Å²) in [5.74, 6) is 1.01. The van der Waals surface area contributed by atoms with Crippen LogP contribution in [0.2, 0.25) is 0 Å². The van der Waals surface area contributed by atoms with Gasteiger partial charge >= 0.3 is 0 Å². The summed E-state index contributed by atoms with van der Waals surface area (Å²) in [6.07, 6.45) is 2.41. The lowest BCUT2D eigenvalue weighted by molar-refractivity contribution is 0.208. The highest BCUT2D eigenvalue weighted by Crippen LogP contribution is 2.17. The summed E-state index contributed by atoms with van der Waals surface area (Å²) >= 11 is 0. The third kappa shape index (κ3) is 7.49. The van der Waals surface area contributed by atoms with Gasteiger partial charge in [0.15, 0.2) is 0 Å². The van der Waals surface area contributed by atoms with E-state index in [4.69, 9.17) is 4.74 Å². The van der Waals surface area contributed by atoms with Crippen LogP contribution in [-0.4, -0.2) is 37.2 Å². The van der Waals surface area contributed by atoms with Gasteiger partial charge in [-0.25, -0.2) is 0 Å². The van der Waals surface area contributed by atoms with Gasteiger partial charge in [0.1, 0.15) is 12.4 Å². The van der Waals surface area contributed by atoms with Gasteiger partial charge in [-0.2, -0.15) is 0 Å². The Kier molecular flexibility index (Phi) is 9.11. The van der Waals surface area contributed by atoms with Crippen molar-refractivity contribution in [1.82, 2.24) is 10.2 Å². The van der Waals surface area contributed by atoms with Crippen LogP contribution in [-0.2, 0) is 6.54 Å². The summed E-state index contributed by atoms with van der Waals surface area (Å²) in [4.78, 5) is 2.48. The lowest BCUT2D eigenvalue weighted by Gasteiger charge is -2.21. The molecule has 1 rings (SSSR count). The lowest BCUT2D eigenvalue weighted by Crippen LogP contribution is -2.30. The van der Waals surface area contributed by atoms with Crippen LogP contribution < -0.4 is 10.1 Å². The number of nitrogens with one attached hydrogen (secondary N) is 1. The van der Waals surface area contributed by atoms with E-state index in [1.54, 1.807) is 0 Å². The zero-order valence-electron chi connectivity index (χ0n) is 14.2. The zero-order chi connectivity index (χ0) is 15.5. The minimum atomic E-state index is 0.489. The number of nitrogens with zero attached hydrogens (tertiary/aromatic N) is 1. The molecule has 0 unspecified atom stereocenters. The molecule has 0 aromatic heterocycles. The number of hydrogen-bond acceptors (Lipinski definition) is 3. The first-order chi connectivity index (χ1) is 10.2. The molecule has 3 heteroatoms. The van der Waals surface area contributed by atoms with Gasteiger partial charge in [-0.3, -0.25) is 4.90 Å². The Hall–Kier alpha value is -1.06. The fourth-order valence-electron chi connectivity index (χ4n) is 2.36. The molecule has 0 heterocycles. The molecule has 1 aromatic rings. The van der Waals surface area contributed by atoms with Crippen LogP contribution in [0.25, 0.3) is 0 Å². The fraction of sp³-hybridized carbons (Fsp3) is 0.667. The number of benzene rings is 1. The predicted molar refractivity (Wildman–Crippen MR) is 90.9 cm³/mol. The minimum Gasteiger partial charge on any atom is -0.492 e. The summed E-state index contributed by atoms with van der Waals surface area (Å²) in [6.45, 7) is 13.7. The second-order valence-electron chi connectivity index (χ2n) is 5.83. The predicted octanol–water partition coefficient (Wildman–Crippen LogP) is 3.69. The Morgan fingerprint density at radius 1 is 1.05 bits per heavy atom. The van der Waals surface area contributed by atoms with E-state index in [0.717, 1.165) is 38.5 Å². The van der Waals surface area contributed by atoms with Crippen molar-refractivity contribution in [2.75, 3.05) is 26.2 Å². The molecule has 0 saturated carbocycles. The summed E-state index contributed by atoms with van der Waals surface area (Å²) < 4.78 is 6.01. The Labute approximate surface area is 130 Å². The Balaban J connectivity index is 2.46. The largest absolute Gasteiger partial charge is 0.492 e. The van der Waals surface area contributed by atoms with Crippen molar-refractivity contribution in [2.24, 2.45) is 0 Å². The molecule has 1 N–H and O–H groups in total. The van der Waals surface area contributed by atoms with Crippen LogP contribution in [0, 0.1) is 0 Å². The number of rotatable bonds is 11. The van der Waals surface area contributed by atoms with E-state index in [2.05, 4.69) is 56.1 Å². The molecular weight excluding hydrogens is 260 g/mol. The van der Waals surface area contributed by atoms with Gasteiger partial charge < -0.3 is 10.1 Å². The molecule has 0 radical (unpaired) electrons. The Bertz CT molecular complexity index is 373. The molecule has 0 fully saturated rings. The molecule has 0 spiro atoms. The van der Waals surface area contributed by atoms with Crippen molar-refractivity contribution in [3.63, 3.8) is 0 Å². The van der Waals surface area contributed by atoms with Crippen LogP contribution in [0.1, 0.15) is 46.1 Å². The highest BCUT2D eigenvalue weighted by atomic mass is 16.5. The molecule has 0 aliphatic rings. The van der Waals surface area contributed by atoms with Crippen LogP contribution in [0.5, 0.6) is 5.75 Å². The quantitative estimate of drug-likeness (QED) is 0.673. The molecule has 3 nitrogen and oxygen atoms in total. The maximum absolute atomic E-state index is 6.01. The van der Waals surface area contributed by atoms with E-state index in [9.17, 15) is 0 Å². The molecule has 0 atom stereocenters. The fourth-order valence-corrected chi connectivity index (χ4v) is 2.36. The van der Waals surface area contributed by atoms with Gasteiger partial charge in [0.05, 0.1) is 0 Å². The molecule has 0 saturated heterocycles. The SMILES string of the molecule is CCCN(CCC)CCOc1ccccc1CNC(C)C. The monoisotopic (exact) mass is 292 g/mol. The third-order valence-electron chi connectivity index (χ3n) is 3.42. The van der Waals surface area contributed by atoms with Crippen molar-refractivity contribution in [3.8, 4) is 5.75 Å². The van der Waals surface area contributed by atoms with Gasteiger partial charge in [0.2, 0.25) is 0 Å². The summed E-state index contributed by atoms with van der Waals surface area (Å²) in [5.41, 5.74) is 1.24. The van der Waals surface area contributed by atoms with Gasteiger partial charge in [0.25, 0.3) is 0 Å². The van der Waals surface area contributed by atoms with Crippen molar-refractivity contribution in [3.05, 3.63) is 29.8 Å².